The lowest BCUT2D eigenvalue weighted by molar-refractivity contribution is 0.0915. The van der Waals surface area contributed by atoms with Gasteiger partial charge in [-0.1, -0.05) is 33.8 Å². The van der Waals surface area contributed by atoms with Crippen LogP contribution in [0.3, 0.4) is 0 Å². The number of aromatic nitrogens is 5. The number of ether oxygens (including phenoxy) is 1. The number of methoxy groups -OCH3 is 1. The van der Waals surface area contributed by atoms with Gasteiger partial charge in [-0.05, 0) is 12.1 Å². The number of hydrogen-bond acceptors (Lipinski definition) is 8. The first-order valence-corrected chi connectivity index (χ1v) is 12.0. The van der Waals surface area contributed by atoms with Crippen LogP contribution in [0.2, 0.25) is 0 Å². The van der Waals surface area contributed by atoms with Crippen LogP contribution in [0.15, 0.2) is 41.1 Å². The molecule has 1 amide bonds. The van der Waals surface area contributed by atoms with Gasteiger partial charge in [0.25, 0.3) is 5.91 Å². The van der Waals surface area contributed by atoms with Crippen molar-refractivity contribution in [2.75, 3.05) is 13.7 Å². The van der Waals surface area contributed by atoms with Crippen molar-refractivity contribution >= 4 is 28.5 Å². The van der Waals surface area contributed by atoms with Crippen LogP contribution in [0.5, 0.6) is 5.88 Å². The van der Waals surface area contributed by atoms with E-state index in [0.29, 0.717) is 27.6 Å². The molecule has 0 saturated heterocycles. The van der Waals surface area contributed by atoms with Gasteiger partial charge in [-0.2, -0.15) is 10.4 Å². The average Bonchev–Trinajstić information content (AvgIpc) is 3.49. The summed E-state index contributed by atoms with van der Waals surface area (Å²) >= 11 is 2.18. The van der Waals surface area contributed by atoms with Crippen LogP contribution >= 0.6 is 22.6 Å². The van der Waals surface area contributed by atoms with Crippen molar-refractivity contribution in [2.24, 2.45) is 7.05 Å². The van der Waals surface area contributed by atoms with E-state index in [4.69, 9.17) is 9.26 Å². The topological polar surface area (TPSA) is 132 Å². The van der Waals surface area contributed by atoms with E-state index >= 15 is 0 Å². The number of aryl methyl sites for hydroxylation is 1. The Kier molecular flexibility index (Phi) is 7.53. The molecule has 0 aliphatic heterocycles. The van der Waals surface area contributed by atoms with Crippen molar-refractivity contribution in [1.29, 1.82) is 5.26 Å². The summed E-state index contributed by atoms with van der Waals surface area (Å²) in [5, 5.41) is 20.3. The molecule has 0 radical (unpaired) electrons. The van der Waals surface area contributed by atoms with E-state index in [1.54, 1.807) is 29.9 Å². The number of carbonyl (C=O) groups is 1. The molecule has 0 aromatic carbocycles. The summed E-state index contributed by atoms with van der Waals surface area (Å²) in [5.41, 5.74) is 1.89. The fraction of sp³-hybridized carbons (Fsp3) is 0.217. The van der Waals surface area contributed by atoms with Crippen LogP contribution in [0, 0.1) is 23.0 Å². The first-order chi connectivity index (χ1) is 17.4. The summed E-state index contributed by atoms with van der Waals surface area (Å²) in [6, 6.07) is 8.92. The molecule has 4 heterocycles. The molecule has 1 N–H and O–H groups in total. The molecule has 0 fully saturated rings. The second-order valence-corrected chi connectivity index (χ2v) is 8.27. The fourth-order valence-corrected chi connectivity index (χ4v) is 4.27. The minimum absolute atomic E-state index is 0.0472. The Bertz CT molecular complexity index is 1460. The van der Waals surface area contributed by atoms with Gasteiger partial charge in [-0.15, -0.1) is 0 Å². The Hall–Kier alpha value is -3.93. The molecule has 1 unspecified atom stereocenters. The van der Waals surface area contributed by atoms with Gasteiger partial charge in [0.15, 0.2) is 5.82 Å². The number of amides is 1. The van der Waals surface area contributed by atoms with Gasteiger partial charge in [-0.25, -0.2) is 23.4 Å². The third kappa shape index (κ3) is 5.03. The second-order valence-electron chi connectivity index (χ2n) is 7.51. The highest BCUT2D eigenvalue weighted by atomic mass is 127. The molecule has 36 heavy (non-hydrogen) atoms. The number of nitriles is 1. The zero-order valence-electron chi connectivity index (χ0n) is 19.0. The van der Waals surface area contributed by atoms with Crippen LogP contribution < -0.4 is 10.1 Å². The number of nitrogens with zero attached hydrogens (tertiary/aromatic N) is 6. The summed E-state index contributed by atoms with van der Waals surface area (Å²) in [5.74, 6) is -2.63. The van der Waals surface area contributed by atoms with E-state index in [1.807, 2.05) is 6.07 Å². The van der Waals surface area contributed by atoms with Crippen molar-refractivity contribution in [1.82, 2.24) is 30.2 Å². The van der Waals surface area contributed by atoms with Gasteiger partial charge in [-0.3, -0.25) is 4.79 Å². The van der Waals surface area contributed by atoms with Crippen molar-refractivity contribution in [3.05, 3.63) is 76.6 Å². The van der Waals surface area contributed by atoms with Crippen LogP contribution in [0.25, 0.3) is 11.4 Å². The summed E-state index contributed by atoms with van der Waals surface area (Å²) in [7, 11) is 3.26. The van der Waals surface area contributed by atoms with E-state index in [1.165, 1.54) is 13.2 Å². The molecule has 0 aliphatic rings. The quantitative estimate of drug-likeness (QED) is 0.239. The standard InChI is InChI=1S/C23H18F2IN7O3/c1-33-23(35-2)20(18(8-26)31-33)14(16-5-3-4-13(9-27)30-16)11-29-22(34)19-7-17(32-36-19)21-15(25)6-12(24)10-28-21/h3-7,10,14H,8,11H2,1-2H3,(H,29,34). The normalized spacial score (nSPS) is 11.7. The monoisotopic (exact) mass is 605 g/mol. The highest BCUT2D eigenvalue weighted by molar-refractivity contribution is 14.1. The van der Waals surface area contributed by atoms with E-state index in [9.17, 15) is 18.8 Å². The molecule has 13 heteroatoms. The van der Waals surface area contributed by atoms with Gasteiger partial charge >= 0.3 is 0 Å². The zero-order chi connectivity index (χ0) is 25.8. The molecule has 4 aromatic heterocycles. The number of rotatable bonds is 8. The molecule has 0 saturated carbocycles. The Labute approximate surface area is 217 Å². The molecule has 0 aliphatic carbocycles. The number of alkyl halides is 1. The summed E-state index contributed by atoms with van der Waals surface area (Å²) in [6.45, 7) is 0.0472. The van der Waals surface area contributed by atoms with Crippen molar-refractivity contribution in [3.8, 4) is 23.3 Å². The first kappa shape index (κ1) is 25.2. The summed E-state index contributed by atoms with van der Waals surface area (Å²) < 4.78 is 40.0. The minimum atomic E-state index is -0.936. The molecule has 10 nitrogen and oxygen atoms in total. The predicted molar refractivity (Wildman–Crippen MR) is 130 cm³/mol. The molecule has 1 atom stereocenters. The Morgan fingerprint density at radius 2 is 2.17 bits per heavy atom. The Balaban J connectivity index is 1.64. The largest absolute Gasteiger partial charge is 0.481 e. The van der Waals surface area contributed by atoms with Gasteiger partial charge < -0.3 is 14.6 Å². The molecule has 0 spiro atoms. The van der Waals surface area contributed by atoms with Crippen molar-refractivity contribution < 1.29 is 22.8 Å². The lowest BCUT2D eigenvalue weighted by atomic mass is 9.94. The zero-order valence-corrected chi connectivity index (χ0v) is 21.2. The smallest absolute Gasteiger partial charge is 0.289 e. The van der Waals surface area contributed by atoms with E-state index in [2.05, 4.69) is 48.1 Å². The highest BCUT2D eigenvalue weighted by Crippen LogP contribution is 2.34. The number of carbonyl (C=O) groups excluding carboxylic acids is 1. The maximum absolute atomic E-state index is 14.0. The van der Waals surface area contributed by atoms with Crippen LogP contribution in [0.4, 0.5) is 8.78 Å². The first-order valence-electron chi connectivity index (χ1n) is 10.4. The SMILES string of the molecule is COc1c(C(CNC(=O)c2cc(-c3ncc(F)cc3F)no2)c2cccc(C#N)n2)c(CI)nn1C. The van der Waals surface area contributed by atoms with Crippen molar-refractivity contribution in [3.63, 3.8) is 0 Å². The van der Waals surface area contributed by atoms with Gasteiger partial charge in [0, 0.05) is 35.7 Å². The molecule has 0 bridgehead atoms. The Morgan fingerprint density at radius 1 is 1.36 bits per heavy atom. The Morgan fingerprint density at radius 3 is 2.86 bits per heavy atom. The minimum Gasteiger partial charge on any atom is -0.481 e. The van der Waals surface area contributed by atoms with Gasteiger partial charge in [0.05, 0.1) is 30.6 Å². The summed E-state index contributed by atoms with van der Waals surface area (Å²) in [6.07, 6.45) is 0.839. The van der Waals surface area contributed by atoms with Crippen molar-refractivity contribution in [2.45, 2.75) is 10.3 Å². The fourth-order valence-electron chi connectivity index (χ4n) is 3.71. The molecule has 4 aromatic rings. The van der Waals surface area contributed by atoms with E-state index in [0.717, 1.165) is 11.9 Å². The number of pyridine rings is 2. The van der Waals surface area contributed by atoms with Crippen LogP contribution in [-0.2, 0) is 11.5 Å². The molecule has 184 valence electrons. The summed E-state index contributed by atoms with van der Waals surface area (Å²) in [4.78, 5) is 21.0. The lowest BCUT2D eigenvalue weighted by Crippen LogP contribution is -2.29. The lowest BCUT2D eigenvalue weighted by Gasteiger charge is -2.18. The molecule has 4 rings (SSSR count). The highest BCUT2D eigenvalue weighted by Gasteiger charge is 2.29. The predicted octanol–water partition coefficient (Wildman–Crippen LogP) is 3.52. The van der Waals surface area contributed by atoms with Crippen LogP contribution in [0.1, 0.15) is 39.1 Å². The molecular weight excluding hydrogens is 587 g/mol. The number of halogens is 3. The maximum atomic E-state index is 14.0. The van der Waals surface area contributed by atoms with E-state index < -0.39 is 23.5 Å². The third-order valence-electron chi connectivity index (χ3n) is 5.27. The van der Waals surface area contributed by atoms with Crippen LogP contribution in [-0.4, -0.2) is 44.5 Å². The number of nitrogens with one attached hydrogen (secondary N) is 1. The second kappa shape index (κ2) is 10.8. The van der Waals surface area contributed by atoms with E-state index in [-0.39, 0.29) is 29.4 Å². The van der Waals surface area contributed by atoms with Gasteiger partial charge in [0.2, 0.25) is 11.6 Å². The maximum Gasteiger partial charge on any atom is 0.289 e. The average molecular weight is 605 g/mol. The number of hydrogen-bond donors (Lipinski definition) is 1. The van der Waals surface area contributed by atoms with Gasteiger partial charge in [0.1, 0.15) is 29.0 Å². The third-order valence-corrected chi connectivity index (χ3v) is 5.99. The molecular formula is C23H18F2IN7O3.